The zero-order valence-corrected chi connectivity index (χ0v) is 17.9. The highest BCUT2D eigenvalue weighted by Crippen LogP contribution is 2.40. The number of aliphatic hydroxyl groups excluding tert-OH is 2. The third-order valence-electron chi connectivity index (χ3n) is 6.42. The second-order valence-electron chi connectivity index (χ2n) is 8.64. The van der Waals surface area contributed by atoms with E-state index in [0.717, 1.165) is 4.90 Å². The van der Waals surface area contributed by atoms with Crippen LogP contribution in [-0.4, -0.2) is 97.9 Å². The van der Waals surface area contributed by atoms with Gasteiger partial charge < -0.3 is 31.5 Å². The molecule has 4 amide bonds. The number of aliphatic hydroxyl groups is 2. The van der Waals surface area contributed by atoms with Gasteiger partial charge in [0.05, 0.1) is 18.4 Å². The highest BCUT2D eigenvalue weighted by Gasteiger charge is 2.62. The maximum atomic E-state index is 13.1. The summed E-state index contributed by atoms with van der Waals surface area (Å²) in [4.78, 5) is 55.3. The molecule has 0 saturated carbocycles. The summed E-state index contributed by atoms with van der Waals surface area (Å²) in [5.41, 5.74) is 10.5. The van der Waals surface area contributed by atoms with Crippen LogP contribution in [0.3, 0.4) is 0 Å². The van der Waals surface area contributed by atoms with E-state index in [4.69, 9.17) is 11.5 Å². The predicted molar refractivity (Wildman–Crippen MR) is 109 cm³/mol. The number of carbonyl (C=O) groups is 4. The molecular formula is C20H31N5O6. The molecule has 5 atom stereocenters. The maximum absolute atomic E-state index is 13.1. The number of rotatable bonds is 5. The summed E-state index contributed by atoms with van der Waals surface area (Å²) in [7, 11) is 0. The van der Waals surface area contributed by atoms with Crippen LogP contribution < -0.4 is 11.5 Å². The first-order valence-corrected chi connectivity index (χ1v) is 10.6. The van der Waals surface area contributed by atoms with Crippen molar-refractivity contribution in [2.75, 3.05) is 19.6 Å². The molecule has 3 fully saturated rings. The minimum absolute atomic E-state index is 0.0448. The quantitative estimate of drug-likeness (QED) is 0.222. The van der Waals surface area contributed by atoms with Gasteiger partial charge in [-0.15, -0.1) is 0 Å². The van der Waals surface area contributed by atoms with Crippen molar-refractivity contribution in [3.63, 3.8) is 0 Å². The maximum Gasteiger partial charge on any atom is 0.257 e. The summed E-state index contributed by atoms with van der Waals surface area (Å²) in [6.45, 7) is 3.53. The fourth-order valence-electron chi connectivity index (χ4n) is 4.70. The van der Waals surface area contributed by atoms with Crippen LogP contribution in [0.25, 0.3) is 0 Å². The number of carbonyl (C=O) groups excluding carboxylic acids is 4. The van der Waals surface area contributed by atoms with Gasteiger partial charge in [0.2, 0.25) is 11.8 Å². The summed E-state index contributed by atoms with van der Waals surface area (Å²) >= 11 is 0. The van der Waals surface area contributed by atoms with E-state index in [1.54, 1.807) is 0 Å². The van der Waals surface area contributed by atoms with Crippen molar-refractivity contribution in [1.82, 2.24) is 14.7 Å². The molecule has 1 spiro atoms. The Morgan fingerprint density at radius 1 is 1.19 bits per heavy atom. The predicted octanol–water partition coefficient (Wildman–Crippen LogP) is -1.80. The van der Waals surface area contributed by atoms with Crippen molar-refractivity contribution in [2.45, 2.75) is 69.3 Å². The van der Waals surface area contributed by atoms with Crippen LogP contribution in [0.1, 0.15) is 39.5 Å². The van der Waals surface area contributed by atoms with Crippen molar-refractivity contribution in [3.05, 3.63) is 11.8 Å². The highest BCUT2D eigenvalue weighted by atomic mass is 16.3. The molecule has 3 aliphatic rings. The average Bonchev–Trinajstić information content (AvgIpc) is 3.37. The Hall–Kier alpha value is -2.50. The van der Waals surface area contributed by atoms with E-state index >= 15 is 0 Å². The Balaban J connectivity index is 1.72. The fourth-order valence-corrected chi connectivity index (χ4v) is 4.70. The standard InChI is InChI=1S/C20H31N5O6/c1-11(26)9-13(21)16(28)23-7-3-5-14(23)17(29)24-10-20(19(24)31)6-4-8-25(20)18(30)15(22)12(2)27/h9,12-15,26-27H,3-8,10,21-22H2,1-2H3/t12-,13+,14-,15+,20?/m1/s1. The molecule has 0 radical (unpaired) electrons. The Morgan fingerprint density at radius 3 is 2.45 bits per heavy atom. The van der Waals surface area contributed by atoms with E-state index < -0.39 is 53.4 Å². The SMILES string of the molecule is CC(O)=C[C@H](N)C(=O)N1CCC[C@@H]1C(=O)N1CC2(CCCN2C(=O)[C@@H](N)[C@@H](C)O)C1=O. The Labute approximate surface area is 180 Å². The van der Waals surface area contributed by atoms with Gasteiger partial charge in [-0.2, -0.15) is 0 Å². The molecule has 11 nitrogen and oxygen atoms in total. The number of nitrogens with zero attached hydrogens (tertiary/aromatic N) is 3. The lowest BCUT2D eigenvalue weighted by atomic mass is 9.84. The molecule has 31 heavy (non-hydrogen) atoms. The number of hydrogen-bond acceptors (Lipinski definition) is 8. The van der Waals surface area contributed by atoms with E-state index in [2.05, 4.69) is 0 Å². The minimum Gasteiger partial charge on any atom is -0.513 e. The van der Waals surface area contributed by atoms with E-state index in [1.807, 2.05) is 0 Å². The topological polar surface area (TPSA) is 170 Å². The first kappa shape index (κ1) is 23.2. The normalized spacial score (nSPS) is 29.2. The molecule has 0 aliphatic carbocycles. The number of nitrogens with two attached hydrogens (primary N) is 2. The molecule has 0 aromatic rings. The third-order valence-corrected chi connectivity index (χ3v) is 6.42. The molecule has 0 bridgehead atoms. The van der Waals surface area contributed by atoms with Crippen molar-refractivity contribution in [1.29, 1.82) is 0 Å². The highest BCUT2D eigenvalue weighted by molar-refractivity contribution is 6.10. The second kappa shape index (κ2) is 8.56. The fraction of sp³-hybridized carbons (Fsp3) is 0.700. The molecule has 3 aliphatic heterocycles. The van der Waals surface area contributed by atoms with Crippen molar-refractivity contribution >= 4 is 23.6 Å². The minimum atomic E-state index is -1.14. The summed E-state index contributed by atoms with van der Waals surface area (Å²) in [5, 5.41) is 19.0. The van der Waals surface area contributed by atoms with E-state index in [9.17, 15) is 29.4 Å². The molecular weight excluding hydrogens is 406 g/mol. The molecule has 0 aromatic carbocycles. The first-order chi connectivity index (χ1) is 14.5. The van der Waals surface area contributed by atoms with Crippen molar-refractivity contribution in [2.24, 2.45) is 11.5 Å². The van der Waals surface area contributed by atoms with Gasteiger partial charge in [0.1, 0.15) is 23.7 Å². The van der Waals surface area contributed by atoms with Crippen LogP contribution in [0.5, 0.6) is 0 Å². The van der Waals surface area contributed by atoms with Crippen molar-refractivity contribution in [3.8, 4) is 0 Å². The Kier molecular flexibility index (Phi) is 6.40. The van der Waals surface area contributed by atoms with Gasteiger partial charge >= 0.3 is 0 Å². The first-order valence-electron chi connectivity index (χ1n) is 10.6. The summed E-state index contributed by atoms with van der Waals surface area (Å²) in [6.07, 6.45) is 2.17. The second-order valence-corrected chi connectivity index (χ2v) is 8.64. The number of hydrogen-bond donors (Lipinski definition) is 4. The van der Waals surface area contributed by atoms with Gasteiger partial charge in [-0.05, 0) is 45.6 Å². The monoisotopic (exact) mass is 437 g/mol. The number of likely N-dealkylation sites (tertiary alicyclic amines) is 3. The number of allylic oxidation sites excluding steroid dienone is 1. The lowest BCUT2D eigenvalue weighted by molar-refractivity contribution is -0.176. The Bertz CT molecular complexity index is 810. The molecule has 6 N–H and O–H groups in total. The average molecular weight is 437 g/mol. The van der Waals surface area contributed by atoms with Crippen LogP contribution in [0.4, 0.5) is 0 Å². The zero-order chi connectivity index (χ0) is 23.1. The van der Waals surface area contributed by atoms with Gasteiger partial charge in [0.25, 0.3) is 11.8 Å². The molecule has 3 heterocycles. The van der Waals surface area contributed by atoms with Crippen molar-refractivity contribution < 1.29 is 29.4 Å². The van der Waals surface area contributed by atoms with E-state index in [1.165, 1.54) is 29.7 Å². The lowest BCUT2D eigenvalue weighted by Crippen LogP contribution is -2.76. The molecule has 172 valence electrons. The Morgan fingerprint density at radius 2 is 1.87 bits per heavy atom. The zero-order valence-electron chi connectivity index (χ0n) is 17.9. The van der Waals surface area contributed by atoms with Crippen LogP contribution in [-0.2, 0) is 19.2 Å². The summed E-state index contributed by atoms with van der Waals surface area (Å²) in [5.74, 6) is -2.06. The number of amides is 4. The largest absolute Gasteiger partial charge is 0.513 e. The molecule has 1 unspecified atom stereocenters. The van der Waals surface area contributed by atoms with Gasteiger partial charge in [-0.25, -0.2) is 0 Å². The van der Waals surface area contributed by atoms with Gasteiger partial charge in [-0.1, -0.05) is 0 Å². The van der Waals surface area contributed by atoms with Crippen LogP contribution in [0.2, 0.25) is 0 Å². The number of imide groups is 1. The van der Waals surface area contributed by atoms with Gasteiger partial charge in [-0.3, -0.25) is 24.1 Å². The van der Waals surface area contributed by atoms with E-state index in [-0.39, 0.29) is 12.3 Å². The van der Waals surface area contributed by atoms with Crippen LogP contribution >= 0.6 is 0 Å². The van der Waals surface area contributed by atoms with Gasteiger partial charge in [0, 0.05) is 13.1 Å². The molecule has 3 rings (SSSR count). The molecule has 11 heteroatoms. The summed E-state index contributed by atoms with van der Waals surface area (Å²) < 4.78 is 0. The summed E-state index contributed by atoms with van der Waals surface area (Å²) in [6, 6.07) is -3.03. The van der Waals surface area contributed by atoms with Crippen LogP contribution in [0, 0.1) is 0 Å². The number of β-lactam (4-membered cyclic amide) rings is 1. The van der Waals surface area contributed by atoms with Gasteiger partial charge in [0.15, 0.2) is 0 Å². The van der Waals surface area contributed by atoms with Crippen LogP contribution in [0.15, 0.2) is 11.8 Å². The molecule has 3 saturated heterocycles. The third kappa shape index (κ3) is 3.92. The molecule has 0 aromatic heterocycles. The smallest absolute Gasteiger partial charge is 0.257 e. The lowest BCUT2D eigenvalue weighted by Gasteiger charge is -2.51. The van der Waals surface area contributed by atoms with E-state index in [0.29, 0.717) is 38.8 Å².